The predicted octanol–water partition coefficient (Wildman–Crippen LogP) is 6.16. The van der Waals surface area contributed by atoms with Crippen LogP contribution in [0.15, 0.2) is 48.5 Å². The van der Waals surface area contributed by atoms with Gasteiger partial charge in [-0.25, -0.2) is 0 Å². The highest BCUT2D eigenvalue weighted by Crippen LogP contribution is 2.23. The summed E-state index contributed by atoms with van der Waals surface area (Å²) in [4.78, 5) is 27.7. The van der Waals surface area contributed by atoms with Gasteiger partial charge in [-0.05, 0) is 61.6 Å². The summed E-state index contributed by atoms with van der Waals surface area (Å²) < 4.78 is 5.78. The maximum absolute atomic E-state index is 13.0. The van der Waals surface area contributed by atoms with Crippen LogP contribution in [-0.4, -0.2) is 36.4 Å². The van der Waals surface area contributed by atoms with E-state index in [0.717, 1.165) is 38.1 Å². The highest BCUT2D eigenvalue weighted by Gasteiger charge is 2.23. The van der Waals surface area contributed by atoms with Gasteiger partial charge in [0.2, 0.25) is 0 Å². The van der Waals surface area contributed by atoms with Gasteiger partial charge in [0, 0.05) is 18.7 Å². The summed E-state index contributed by atoms with van der Waals surface area (Å²) in [5.41, 5.74) is 1.63. The summed E-state index contributed by atoms with van der Waals surface area (Å²) in [5.74, 6) is 1.17. The number of unbranched alkanes of at least 4 members (excludes halogenated alkanes) is 4. The molecule has 3 rings (SSSR count). The molecule has 1 fully saturated rings. The molecule has 0 spiro atoms. The molecule has 0 atom stereocenters. The van der Waals surface area contributed by atoms with Gasteiger partial charge in [-0.2, -0.15) is 0 Å². The van der Waals surface area contributed by atoms with Gasteiger partial charge in [0.15, 0.2) is 0 Å². The van der Waals surface area contributed by atoms with E-state index in [2.05, 4.69) is 19.2 Å². The molecule has 2 aromatic carbocycles. The zero-order valence-corrected chi connectivity index (χ0v) is 19.4. The van der Waals surface area contributed by atoms with Crippen molar-refractivity contribution >= 4 is 17.5 Å². The first-order valence-electron chi connectivity index (χ1n) is 12.0. The number of benzene rings is 2. The first kappa shape index (κ1) is 23.8. The van der Waals surface area contributed by atoms with Gasteiger partial charge in [-0.15, -0.1) is 0 Å². The normalized spacial score (nSPS) is 14.2. The Morgan fingerprint density at radius 3 is 2.38 bits per heavy atom. The lowest BCUT2D eigenvalue weighted by molar-refractivity contribution is 0.0698. The van der Waals surface area contributed by atoms with E-state index in [-0.39, 0.29) is 11.8 Å². The molecule has 0 aromatic heterocycles. The van der Waals surface area contributed by atoms with E-state index in [1.807, 2.05) is 29.2 Å². The number of rotatable bonds is 10. The third kappa shape index (κ3) is 6.84. The van der Waals surface area contributed by atoms with Crippen LogP contribution < -0.4 is 10.1 Å². The van der Waals surface area contributed by atoms with Gasteiger partial charge in [0.25, 0.3) is 11.8 Å². The molecule has 1 aliphatic heterocycles. The van der Waals surface area contributed by atoms with Crippen molar-refractivity contribution in [2.75, 3.05) is 25.0 Å². The molecule has 172 valence electrons. The molecule has 5 heteroatoms. The van der Waals surface area contributed by atoms with E-state index in [1.165, 1.54) is 25.7 Å². The fourth-order valence-corrected chi connectivity index (χ4v) is 3.95. The number of hydrogen-bond donors (Lipinski definition) is 1. The second-order valence-electron chi connectivity index (χ2n) is 8.76. The minimum Gasteiger partial charge on any atom is -0.494 e. The minimum absolute atomic E-state index is 0.0181. The van der Waals surface area contributed by atoms with Gasteiger partial charge < -0.3 is 15.0 Å². The van der Waals surface area contributed by atoms with Gasteiger partial charge >= 0.3 is 0 Å². The lowest BCUT2D eigenvalue weighted by atomic mass is 9.98. The lowest BCUT2D eigenvalue weighted by Gasteiger charge is -2.30. The summed E-state index contributed by atoms with van der Waals surface area (Å²) in [7, 11) is 0. The highest BCUT2D eigenvalue weighted by molar-refractivity contribution is 6.09. The van der Waals surface area contributed by atoms with E-state index in [1.54, 1.807) is 24.3 Å². The zero-order valence-electron chi connectivity index (χ0n) is 19.4. The Bertz CT molecular complexity index is 871. The van der Waals surface area contributed by atoms with E-state index in [9.17, 15) is 9.59 Å². The standard InChI is InChI=1S/C27H36N2O3/c1-3-4-5-6-9-20-32-23-14-12-22(13-15-23)26(30)28-25-11-8-7-10-24(25)27(31)29-18-16-21(2)17-19-29/h7-8,10-15,21H,3-6,9,16-20H2,1-2H3,(H,28,30). The number of likely N-dealkylation sites (tertiary alicyclic amines) is 1. The van der Waals surface area contributed by atoms with E-state index in [4.69, 9.17) is 4.74 Å². The average molecular weight is 437 g/mol. The Hall–Kier alpha value is -2.82. The molecule has 0 saturated carbocycles. The van der Waals surface area contributed by atoms with E-state index >= 15 is 0 Å². The van der Waals surface area contributed by atoms with E-state index < -0.39 is 0 Å². The van der Waals surface area contributed by atoms with Crippen LogP contribution in [0, 0.1) is 5.92 Å². The van der Waals surface area contributed by atoms with Crippen molar-refractivity contribution in [1.29, 1.82) is 0 Å². The fourth-order valence-electron chi connectivity index (χ4n) is 3.95. The third-order valence-corrected chi connectivity index (χ3v) is 6.11. The van der Waals surface area contributed by atoms with Crippen molar-refractivity contribution in [3.8, 4) is 5.75 Å². The minimum atomic E-state index is -0.233. The molecule has 32 heavy (non-hydrogen) atoms. The number of anilines is 1. The van der Waals surface area contributed by atoms with Crippen molar-refractivity contribution < 1.29 is 14.3 Å². The molecule has 5 nitrogen and oxygen atoms in total. The van der Waals surface area contributed by atoms with Crippen LogP contribution in [0.1, 0.15) is 79.5 Å². The number of hydrogen-bond acceptors (Lipinski definition) is 3. The number of para-hydroxylation sites is 1. The van der Waals surface area contributed by atoms with E-state index in [0.29, 0.717) is 29.3 Å². The Kier molecular flexibility index (Phi) is 9.14. The smallest absolute Gasteiger partial charge is 0.255 e. The molecule has 1 heterocycles. The van der Waals surface area contributed by atoms with Crippen LogP contribution in [-0.2, 0) is 0 Å². The Morgan fingerprint density at radius 2 is 1.66 bits per heavy atom. The van der Waals surface area contributed by atoms with Crippen LogP contribution in [0.2, 0.25) is 0 Å². The number of piperidine rings is 1. The summed E-state index contributed by atoms with van der Waals surface area (Å²) in [6.07, 6.45) is 8.03. The molecule has 2 amide bonds. The second kappa shape index (κ2) is 12.3. The van der Waals surface area contributed by atoms with Gasteiger partial charge in [0.1, 0.15) is 5.75 Å². The third-order valence-electron chi connectivity index (χ3n) is 6.11. The molecule has 0 unspecified atom stereocenters. The maximum atomic E-state index is 13.0. The van der Waals surface area contributed by atoms with Gasteiger partial charge in [0.05, 0.1) is 17.9 Å². The van der Waals surface area contributed by atoms with Crippen molar-refractivity contribution in [3.63, 3.8) is 0 Å². The zero-order chi connectivity index (χ0) is 22.8. The predicted molar refractivity (Wildman–Crippen MR) is 129 cm³/mol. The molecule has 1 saturated heterocycles. The SMILES string of the molecule is CCCCCCCOc1ccc(C(=O)Nc2ccccc2C(=O)N2CCC(C)CC2)cc1. The lowest BCUT2D eigenvalue weighted by Crippen LogP contribution is -2.38. The van der Waals surface area contributed by atoms with Crippen molar-refractivity contribution in [2.45, 2.75) is 58.8 Å². The maximum Gasteiger partial charge on any atom is 0.255 e. The van der Waals surface area contributed by atoms with Crippen LogP contribution in [0.3, 0.4) is 0 Å². The summed E-state index contributed by atoms with van der Waals surface area (Å²) >= 11 is 0. The monoisotopic (exact) mass is 436 g/mol. The molecule has 0 aliphatic carbocycles. The van der Waals surface area contributed by atoms with Crippen LogP contribution in [0.4, 0.5) is 5.69 Å². The van der Waals surface area contributed by atoms with Crippen LogP contribution in [0.5, 0.6) is 5.75 Å². The Morgan fingerprint density at radius 1 is 0.969 bits per heavy atom. The molecule has 1 aliphatic rings. The Labute approximate surface area is 192 Å². The van der Waals surface area contributed by atoms with Crippen LogP contribution in [0.25, 0.3) is 0 Å². The number of nitrogens with one attached hydrogen (secondary N) is 1. The average Bonchev–Trinajstić information content (AvgIpc) is 2.82. The van der Waals surface area contributed by atoms with Crippen LogP contribution >= 0.6 is 0 Å². The molecular weight excluding hydrogens is 400 g/mol. The number of carbonyl (C=O) groups excluding carboxylic acids is 2. The van der Waals surface area contributed by atoms with Gasteiger partial charge in [-0.1, -0.05) is 51.7 Å². The summed E-state index contributed by atoms with van der Waals surface area (Å²) in [5, 5.41) is 2.92. The molecule has 0 radical (unpaired) electrons. The quantitative estimate of drug-likeness (QED) is 0.454. The molecule has 1 N–H and O–H groups in total. The van der Waals surface area contributed by atoms with Crippen molar-refractivity contribution in [1.82, 2.24) is 4.90 Å². The van der Waals surface area contributed by atoms with Crippen molar-refractivity contribution in [3.05, 3.63) is 59.7 Å². The Balaban J connectivity index is 1.56. The second-order valence-corrected chi connectivity index (χ2v) is 8.76. The highest BCUT2D eigenvalue weighted by atomic mass is 16.5. The number of ether oxygens (including phenoxy) is 1. The molecular formula is C27H36N2O3. The summed E-state index contributed by atoms with van der Waals surface area (Å²) in [6, 6.07) is 14.4. The largest absolute Gasteiger partial charge is 0.494 e. The van der Waals surface area contributed by atoms with Gasteiger partial charge in [-0.3, -0.25) is 9.59 Å². The number of carbonyl (C=O) groups is 2. The summed E-state index contributed by atoms with van der Waals surface area (Å²) in [6.45, 7) is 6.66. The first-order chi connectivity index (χ1) is 15.6. The first-order valence-corrected chi connectivity index (χ1v) is 12.0. The number of amides is 2. The fraction of sp³-hybridized carbons (Fsp3) is 0.481. The molecule has 0 bridgehead atoms. The number of nitrogens with zero attached hydrogens (tertiary/aromatic N) is 1. The molecule has 2 aromatic rings. The van der Waals surface area contributed by atoms with Crippen molar-refractivity contribution in [2.24, 2.45) is 5.92 Å². The topological polar surface area (TPSA) is 58.6 Å².